The van der Waals surface area contributed by atoms with Crippen molar-refractivity contribution in [3.63, 3.8) is 0 Å². The van der Waals surface area contributed by atoms with Crippen molar-refractivity contribution in [3.05, 3.63) is 52.5 Å². The van der Waals surface area contributed by atoms with Gasteiger partial charge in [0, 0.05) is 20.3 Å². The maximum absolute atomic E-state index is 12.7. The van der Waals surface area contributed by atoms with E-state index in [1.807, 2.05) is 0 Å². The molecule has 0 spiro atoms. The van der Waals surface area contributed by atoms with Gasteiger partial charge in [-0.3, -0.25) is 9.52 Å². The molecule has 0 aliphatic carbocycles. The molecule has 0 bridgehead atoms. The number of anilines is 1. The van der Waals surface area contributed by atoms with Crippen LogP contribution in [0.15, 0.2) is 51.8 Å². The fraction of sp³-hybridized carbons (Fsp3) is 0.278. The Morgan fingerprint density at radius 2 is 1.89 bits per heavy atom. The van der Waals surface area contributed by atoms with Gasteiger partial charge in [-0.15, -0.1) is 0 Å². The first kappa shape index (κ1) is 21.2. The number of carbonyl (C=O) groups excluding carboxylic acids is 1. The van der Waals surface area contributed by atoms with Gasteiger partial charge in [0.05, 0.1) is 27.7 Å². The van der Waals surface area contributed by atoms with Crippen LogP contribution in [0, 0.1) is 0 Å². The van der Waals surface area contributed by atoms with E-state index in [2.05, 4.69) is 26.0 Å². The van der Waals surface area contributed by atoms with Crippen LogP contribution in [0.4, 0.5) is 5.69 Å². The maximum atomic E-state index is 12.7. The molecule has 0 aliphatic rings. The fourth-order valence-corrected chi connectivity index (χ4v) is 4.10. The van der Waals surface area contributed by atoms with E-state index in [1.54, 1.807) is 37.4 Å². The quantitative estimate of drug-likeness (QED) is 0.565. The molecule has 0 atom stereocenters. The molecule has 27 heavy (non-hydrogen) atoms. The van der Waals surface area contributed by atoms with Crippen molar-refractivity contribution >= 4 is 37.5 Å². The number of amides is 1. The molecule has 146 valence electrons. The van der Waals surface area contributed by atoms with Crippen LogP contribution in [0.1, 0.15) is 16.8 Å². The highest BCUT2D eigenvalue weighted by Crippen LogP contribution is 2.28. The van der Waals surface area contributed by atoms with Crippen molar-refractivity contribution in [1.29, 1.82) is 0 Å². The van der Waals surface area contributed by atoms with Gasteiger partial charge in [-0.05, 0) is 52.7 Å². The van der Waals surface area contributed by atoms with Crippen LogP contribution in [-0.2, 0) is 14.8 Å². The molecule has 9 heteroatoms. The molecular formula is C18H21BrN2O5S. The molecule has 0 unspecified atom stereocenters. The summed E-state index contributed by atoms with van der Waals surface area (Å²) in [6, 6.07) is 10.9. The number of ether oxygens (including phenoxy) is 2. The summed E-state index contributed by atoms with van der Waals surface area (Å²) in [6.07, 6.45) is 0.663. The van der Waals surface area contributed by atoms with Crippen LogP contribution in [0.25, 0.3) is 0 Å². The van der Waals surface area contributed by atoms with E-state index in [9.17, 15) is 13.2 Å². The molecule has 0 saturated heterocycles. The first-order chi connectivity index (χ1) is 12.9. The minimum Gasteiger partial charge on any atom is -0.496 e. The van der Waals surface area contributed by atoms with Crippen molar-refractivity contribution in [3.8, 4) is 5.75 Å². The Hall–Kier alpha value is -2.10. The zero-order chi connectivity index (χ0) is 19.9. The van der Waals surface area contributed by atoms with Gasteiger partial charge in [0.15, 0.2) is 0 Å². The van der Waals surface area contributed by atoms with E-state index < -0.39 is 10.0 Å². The second-order valence-electron chi connectivity index (χ2n) is 5.55. The number of para-hydroxylation sites is 1. The van der Waals surface area contributed by atoms with Gasteiger partial charge in [-0.2, -0.15) is 0 Å². The predicted octanol–water partition coefficient (Wildman–Crippen LogP) is 3.02. The Morgan fingerprint density at radius 1 is 1.15 bits per heavy atom. The first-order valence-corrected chi connectivity index (χ1v) is 10.4. The van der Waals surface area contributed by atoms with Crippen LogP contribution >= 0.6 is 15.9 Å². The Bertz CT molecular complexity index is 902. The third kappa shape index (κ3) is 5.69. The molecule has 0 aliphatic heterocycles. The number of methoxy groups -OCH3 is 2. The number of hydrogen-bond donors (Lipinski definition) is 2. The summed E-state index contributed by atoms with van der Waals surface area (Å²) in [5, 5.41) is 2.75. The van der Waals surface area contributed by atoms with Crippen LogP contribution in [0.2, 0.25) is 0 Å². The standard InChI is InChI=1S/C18H21BrN2O5S/c1-25-11-5-10-20-18(22)14-6-3-4-7-16(14)21-27(23,24)13-8-9-17(26-2)15(19)12-13/h3-4,6-9,12,21H,5,10-11H2,1-2H3,(H,20,22). The molecule has 0 heterocycles. The van der Waals surface area contributed by atoms with Crippen LogP contribution in [-0.4, -0.2) is 41.7 Å². The van der Waals surface area contributed by atoms with E-state index in [0.717, 1.165) is 0 Å². The Morgan fingerprint density at radius 3 is 2.56 bits per heavy atom. The first-order valence-electron chi connectivity index (χ1n) is 8.11. The van der Waals surface area contributed by atoms with E-state index in [4.69, 9.17) is 9.47 Å². The highest BCUT2D eigenvalue weighted by Gasteiger charge is 2.19. The lowest BCUT2D eigenvalue weighted by Crippen LogP contribution is -2.26. The lowest BCUT2D eigenvalue weighted by molar-refractivity contribution is 0.0949. The van der Waals surface area contributed by atoms with Gasteiger partial charge in [0.25, 0.3) is 15.9 Å². The summed E-state index contributed by atoms with van der Waals surface area (Å²) in [6.45, 7) is 0.958. The Balaban J connectivity index is 2.21. The van der Waals surface area contributed by atoms with Gasteiger partial charge in [0.2, 0.25) is 0 Å². The summed E-state index contributed by atoms with van der Waals surface area (Å²) >= 11 is 3.27. The van der Waals surface area contributed by atoms with Crippen molar-refractivity contribution in [2.45, 2.75) is 11.3 Å². The third-order valence-corrected chi connectivity index (χ3v) is 5.64. The summed E-state index contributed by atoms with van der Waals surface area (Å²) < 4.78 is 38.5. The second-order valence-corrected chi connectivity index (χ2v) is 8.09. The highest BCUT2D eigenvalue weighted by atomic mass is 79.9. The van der Waals surface area contributed by atoms with Gasteiger partial charge in [0.1, 0.15) is 5.75 Å². The van der Waals surface area contributed by atoms with E-state index in [-0.39, 0.29) is 22.1 Å². The van der Waals surface area contributed by atoms with E-state index in [0.29, 0.717) is 29.8 Å². The molecule has 0 fully saturated rings. The number of benzene rings is 2. The number of nitrogens with one attached hydrogen (secondary N) is 2. The zero-order valence-electron chi connectivity index (χ0n) is 15.0. The molecule has 7 nitrogen and oxygen atoms in total. The third-order valence-electron chi connectivity index (χ3n) is 3.66. The number of rotatable bonds is 9. The summed E-state index contributed by atoms with van der Waals surface area (Å²) in [7, 11) is -0.801. The van der Waals surface area contributed by atoms with Gasteiger partial charge >= 0.3 is 0 Å². The van der Waals surface area contributed by atoms with Crippen molar-refractivity contribution in [1.82, 2.24) is 5.32 Å². The Kier molecular flexibility index (Phi) is 7.64. The van der Waals surface area contributed by atoms with Crippen LogP contribution in [0.3, 0.4) is 0 Å². The van der Waals surface area contributed by atoms with Crippen molar-refractivity contribution in [2.24, 2.45) is 0 Å². The number of sulfonamides is 1. The fourth-order valence-electron chi connectivity index (χ4n) is 2.30. The summed E-state index contributed by atoms with van der Waals surface area (Å²) in [5.41, 5.74) is 0.444. The SMILES string of the molecule is COCCCNC(=O)c1ccccc1NS(=O)(=O)c1ccc(OC)c(Br)c1. The summed E-state index contributed by atoms with van der Waals surface area (Å²) in [4.78, 5) is 12.4. The average Bonchev–Trinajstić information content (AvgIpc) is 2.65. The molecule has 2 aromatic carbocycles. The smallest absolute Gasteiger partial charge is 0.261 e. The second kappa shape index (κ2) is 9.72. The molecule has 0 saturated carbocycles. The number of hydrogen-bond acceptors (Lipinski definition) is 5. The minimum atomic E-state index is -3.88. The van der Waals surface area contributed by atoms with Gasteiger partial charge in [-0.1, -0.05) is 12.1 Å². The summed E-state index contributed by atoms with van der Waals surface area (Å²) in [5.74, 6) is 0.158. The van der Waals surface area contributed by atoms with Crippen LogP contribution < -0.4 is 14.8 Å². The van der Waals surface area contributed by atoms with Crippen molar-refractivity contribution < 1.29 is 22.7 Å². The molecular weight excluding hydrogens is 436 g/mol. The molecule has 2 rings (SSSR count). The molecule has 2 N–H and O–H groups in total. The largest absolute Gasteiger partial charge is 0.496 e. The lowest BCUT2D eigenvalue weighted by Gasteiger charge is -2.13. The van der Waals surface area contributed by atoms with Gasteiger partial charge < -0.3 is 14.8 Å². The molecule has 0 radical (unpaired) electrons. The monoisotopic (exact) mass is 456 g/mol. The number of carbonyl (C=O) groups is 1. The highest BCUT2D eigenvalue weighted by molar-refractivity contribution is 9.10. The van der Waals surface area contributed by atoms with Gasteiger partial charge in [-0.25, -0.2) is 8.42 Å². The van der Waals surface area contributed by atoms with E-state index >= 15 is 0 Å². The van der Waals surface area contributed by atoms with Crippen LogP contribution in [0.5, 0.6) is 5.75 Å². The minimum absolute atomic E-state index is 0.0467. The average molecular weight is 457 g/mol. The normalized spacial score (nSPS) is 11.1. The number of halogens is 1. The predicted molar refractivity (Wildman–Crippen MR) is 107 cm³/mol. The topological polar surface area (TPSA) is 93.7 Å². The van der Waals surface area contributed by atoms with Crippen molar-refractivity contribution in [2.75, 3.05) is 32.1 Å². The van der Waals surface area contributed by atoms with E-state index in [1.165, 1.54) is 19.2 Å². The molecule has 2 aromatic rings. The maximum Gasteiger partial charge on any atom is 0.261 e. The zero-order valence-corrected chi connectivity index (χ0v) is 17.4. The molecule has 1 amide bonds. The Labute approximate surface area is 167 Å². The molecule has 0 aromatic heterocycles. The lowest BCUT2D eigenvalue weighted by atomic mass is 10.1.